The number of likely N-dealkylation sites (N-methyl/N-ethyl adjacent to an activating group) is 1. The number of hydrogen-bond donors (Lipinski definition) is 1. The molecule has 0 aliphatic carbocycles. The number of amides is 1. The van der Waals surface area contributed by atoms with Gasteiger partial charge in [0.05, 0.1) is 6.04 Å². The van der Waals surface area contributed by atoms with Gasteiger partial charge in [0.15, 0.2) is 0 Å². The van der Waals surface area contributed by atoms with E-state index in [-0.39, 0.29) is 11.9 Å². The first-order chi connectivity index (χ1) is 6.52. The number of rotatable bonds is 2. The van der Waals surface area contributed by atoms with E-state index in [0.717, 1.165) is 26.1 Å². The van der Waals surface area contributed by atoms with E-state index < -0.39 is 0 Å². The van der Waals surface area contributed by atoms with Crippen molar-refractivity contribution in [2.75, 3.05) is 26.7 Å². The summed E-state index contributed by atoms with van der Waals surface area (Å²) in [5.74, 6) is -0.221. The molecule has 1 saturated heterocycles. The van der Waals surface area contributed by atoms with E-state index in [1.165, 1.54) is 0 Å². The summed E-state index contributed by atoms with van der Waals surface area (Å²) in [6, 6.07) is 0.265. The summed E-state index contributed by atoms with van der Waals surface area (Å²) in [5, 5.41) is 0. The molecule has 1 rings (SSSR count). The Morgan fingerprint density at radius 1 is 1.50 bits per heavy atom. The lowest BCUT2D eigenvalue weighted by atomic mass is 10.2. The highest BCUT2D eigenvalue weighted by atomic mass is 16.1. The first-order valence-corrected chi connectivity index (χ1v) is 5.26. The molecule has 2 unspecified atom stereocenters. The molecular weight excluding hydrogens is 178 g/mol. The topological polar surface area (TPSA) is 49.6 Å². The zero-order valence-corrected chi connectivity index (χ0v) is 9.36. The summed E-state index contributed by atoms with van der Waals surface area (Å²) in [5.41, 5.74) is 5.32. The molecule has 2 N–H and O–H groups in total. The lowest BCUT2D eigenvalue weighted by molar-refractivity contribution is -0.123. The van der Waals surface area contributed by atoms with Crippen LogP contribution in [0.4, 0.5) is 0 Å². The van der Waals surface area contributed by atoms with Crippen molar-refractivity contribution < 1.29 is 4.79 Å². The first-order valence-electron chi connectivity index (χ1n) is 5.26. The highest BCUT2D eigenvalue weighted by Gasteiger charge is 2.26. The Labute approximate surface area is 86.0 Å². The Bertz CT molecular complexity index is 208. The third-order valence-corrected chi connectivity index (χ3v) is 3.01. The zero-order chi connectivity index (χ0) is 10.7. The molecule has 1 heterocycles. The fourth-order valence-electron chi connectivity index (χ4n) is 2.13. The van der Waals surface area contributed by atoms with Gasteiger partial charge in [-0.15, -0.1) is 0 Å². The van der Waals surface area contributed by atoms with Gasteiger partial charge in [0.25, 0.3) is 0 Å². The molecule has 4 nitrogen and oxygen atoms in total. The molecular formula is C10H21N3O. The summed E-state index contributed by atoms with van der Waals surface area (Å²) in [4.78, 5) is 15.6. The molecule has 82 valence electrons. The van der Waals surface area contributed by atoms with Gasteiger partial charge in [0.2, 0.25) is 5.91 Å². The Morgan fingerprint density at radius 2 is 2.14 bits per heavy atom. The van der Waals surface area contributed by atoms with Crippen molar-refractivity contribution in [1.82, 2.24) is 9.80 Å². The molecule has 0 aromatic carbocycles. The second-order valence-corrected chi connectivity index (χ2v) is 4.28. The molecule has 0 bridgehead atoms. The molecule has 1 aliphatic rings. The van der Waals surface area contributed by atoms with Crippen molar-refractivity contribution in [2.24, 2.45) is 5.73 Å². The number of carbonyl (C=O) groups is 1. The predicted octanol–water partition coefficient (Wildman–Crippen LogP) is -0.114. The maximum Gasteiger partial charge on any atom is 0.234 e. The van der Waals surface area contributed by atoms with Crippen LogP contribution >= 0.6 is 0 Å². The van der Waals surface area contributed by atoms with Crippen LogP contribution in [0.25, 0.3) is 0 Å². The minimum Gasteiger partial charge on any atom is -0.368 e. The van der Waals surface area contributed by atoms with Crippen LogP contribution in [0.5, 0.6) is 0 Å². The maximum atomic E-state index is 11.1. The molecule has 0 saturated carbocycles. The summed E-state index contributed by atoms with van der Waals surface area (Å²) in [7, 11) is 2.12. The van der Waals surface area contributed by atoms with Crippen LogP contribution in [0.2, 0.25) is 0 Å². The van der Waals surface area contributed by atoms with Crippen molar-refractivity contribution in [3.05, 3.63) is 0 Å². The van der Waals surface area contributed by atoms with E-state index in [1.54, 1.807) is 0 Å². The monoisotopic (exact) mass is 199 g/mol. The molecule has 0 spiro atoms. The van der Waals surface area contributed by atoms with Gasteiger partial charge in [0, 0.05) is 19.1 Å². The van der Waals surface area contributed by atoms with Gasteiger partial charge in [-0.25, -0.2) is 0 Å². The summed E-state index contributed by atoms with van der Waals surface area (Å²) < 4.78 is 0. The summed E-state index contributed by atoms with van der Waals surface area (Å²) in [6.07, 6.45) is 1.11. The average molecular weight is 199 g/mol. The maximum absolute atomic E-state index is 11.1. The summed E-state index contributed by atoms with van der Waals surface area (Å²) in [6.45, 7) is 7.13. The second kappa shape index (κ2) is 4.75. The minimum absolute atomic E-state index is 0.142. The van der Waals surface area contributed by atoms with E-state index in [4.69, 9.17) is 5.73 Å². The van der Waals surface area contributed by atoms with Crippen molar-refractivity contribution in [3.8, 4) is 0 Å². The number of nitrogens with zero attached hydrogens (tertiary/aromatic N) is 2. The minimum atomic E-state index is -0.221. The van der Waals surface area contributed by atoms with Crippen molar-refractivity contribution >= 4 is 5.91 Å². The van der Waals surface area contributed by atoms with Gasteiger partial charge < -0.3 is 10.6 Å². The van der Waals surface area contributed by atoms with Crippen molar-refractivity contribution in [2.45, 2.75) is 32.4 Å². The van der Waals surface area contributed by atoms with E-state index in [9.17, 15) is 4.79 Å². The fraction of sp³-hybridized carbons (Fsp3) is 0.900. The lowest BCUT2D eigenvalue weighted by Gasteiger charge is -2.31. The third-order valence-electron chi connectivity index (χ3n) is 3.01. The quantitative estimate of drug-likeness (QED) is 0.675. The molecule has 0 radical (unpaired) electrons. The smallest absolute Gasteiger partial charge is 0.234 e. The molecule has 1 fully saturated rings. The molecule has 1 aliphatic heterocycles. The molecule has 1 amide bonds. The zero-order valence-electron chi connectivity index (χ0n) is 9.36. The van der Waals surface area contributed by atoms with Crippen LogP contribution in [-0.4, -0.2) is 54.5 Å². The molecule has 14 heavy (non-hydrogen) atoms. The Hall–Kier alpha value is -0.610. The van der Waals surface area contributed by atoms with E-state index in [2.05, 4.69) is 23.8 Å². The predicted molar refractivity (Wildman–Crippen MR) is 56.9 cm³/mol. The highest BCUT2D eigenvalue weighted by molar-refractivity contribution is 5.79. The third kappa shape index (κ3) is 2.69. The number of carbonyl (C=O) groups excluding carboxylic acids is 1. The largest absolute Gasteiger partial charge is 0.368 e. The van der Waals surface area contributed by atoms with Crippen molar-refractivity contribution in [1.29, 1.82) is 0 Å². The van der Waals surface area contributed by atoms with Gasteiger partial charge >= 0.3 is 0 Å². The highest BCUT2D eigenvalue weighted by Crippen LogP contribution is 2.11. The van der Waals surface area contributed by atoms with Crippen LogP contribution < -0.4 is 5.73 Å². The number of primary amides is 1. The van der Waals surface area contributed by atoms with Gasteiger partial charge in [0.1, 0.15) is 0 Å². The molecule has 2 atom stereocenters. The first kappa shape index (κ1) is 11.5. The normalized spacial score (nSPS) is 28.4. The Balaban J connectivity index is 2.62. The standard InChI is InChI=1S/C10H21N3O/c1-8-7-12(3)5-4-6-13(8)9(2)10(11)14/h8-9H,4-7H2,1-3H3,(H2,11,14). The van der Waals surface area contributed by atoms with Crippen LogP contribution in [0, 0.1) is 0 Å². The second-order valence-electron chi connectivity index (χ2n) is 4.28. The van der Waals surface area contributed by atoms with Crippen LogP contribution in [0.15, 0.2) is 0 Å². The van der Waals surface area contributed by atoms with E-state index >= 15 is 0 Å². The van der Waals surface area contributed by atoms with Gasteiger partial charge in [-0.1, -0.05) is 0 Å². The Kier molecular flexibility index (Phi) is 3.89. The number of nitrogens with two attached hydrogens (primary N) is 1. The van der Waals surface area contributed by atoms with Gasteiger partial charge in [-0.2, -0.15) is 0 Å². The van der Waals surface area contributed by atoms with Crippen LogP contribution in [0.3, 0.4) is 0 Å². The molecule has 0 aromatic rings. The average Bonchev–Trinajstić information content (AvgIpc) is 2.25. The molecule has 0 aromatic heterocycles. The van der Waals surface area contributed by atoms with Crippen molar-refractivity contribution in [3.63, 3.8) is 0 Å². The van der Waals surface area contributed by atoms with E-state index in [1.807, 2.05) is 6.92 Å². The van der Waals surface area contributed by atoms with Gasteiger partial charge in [-0.05, 0) is 33.9 Å². The van der Waals surface area contributed by atoms with E-state index in [0.29, 0.717) is 6.04 Å². The van der Waals surface area contributed by atoms with Gasteiger partial charge in [-0.3, -0.25) is 9.69 Å². The Morgan fingerprint density at radius 3 is 2.71 bits per heavy atom. The van der Waals surface area contributed by atoms with Crippen LogP contribution in [-0.2, 0) is 4.79 Å². The fourth-order valence-corrected chi connectivity index (χ4v) is 2.13. The van der Waals surface area contributed by atoms with Crippen LogP contribution in [0.1, 0.15) is 20.3 Å². The SMILES string of the molecule is CC1CN(C)CCCN1C(C)C(N)=O. The number of hydrogen-bond acceptors (Lipinski definition) is 3. The summed E-state index contributed by atoms with van der Waals surface area (Å²) >= 11 is 0. The molecule has 4 heteroatoms. The lowest BCUT2D eigenvalue weighted by Crippen LogP contribution is -2.49.